The van der Waals surface area contributed by atoms with Gasteiger partial charge in [0.25, 0.3) is 0 Å². The zero-order valence-corrected chi connectivity index (χ0v) is 18.7. The van der Waals surface area contributed by atoms with Gasteiger partial charge in [-0.2, -0.15) is 18.4 Å². The Bertz CT molecular complexity index is 1140. The molecule has 2 aromatic carbocycles. The second-order valence-electron chi connectivity index (χ2n) is 6.96. The zero-order chi connectivity index (χ0) is 24.2. The monoisotopic (exact) mass is 495 g/mol. The Morgan fingerprint density at radius 1 is 1.30 bits per heavy atom. The average Bonchev–Trinajstić information content (AvgIpc) is 2.78. The van der Waals surface area contributed by atoms with Crippen LogP contribution in [0.5, 0.6) is 5.75 Å². The summed E-state index contributed by atoms with van der Waals surface area (Å²) in [4.78, 5) is 24.6. The van der Waals surface area contributed by atoms with Crippen LogP contribution in [0.15, 0.2) is 53.1 Å². The quantitative estimate of drug-likeness (QED) is 0.583. The van der Waals surface area contributed by atoms with Gasteiger partial charge in [0.15, 0.2) is 0 Å². The first kappa shape index (κ1) is 24.5. The molecule has 2 N–H and O–H groups in total. The molecular formula is C22H17ClF3N3O3S. The molecule has 2 aromatic rings. The van der Waals surface area contributed by atoms with Crippen LogP contribution in [0, 0.1) is 11.3 Å². The average molecular weight is 496 g/mol. The van der Waals surface area contributed by atoms with Crippen molar-refractivity contribution in [2.45, 2.75) is 18.5 Å². The van der Waals surface area contributed by atoms with Crippen molar-refractivity contribution in [3.8, 4) is 11.8 Å². The summed E-state index contributed by atoms with van der Waals surface area (Å²) >= 11 is 6.81. The van der Waals surface area contributed by atoms with Gasteiger partial charge in [0.05, 0.1) is 45.8 Å². The summed E-state index contributed by atoms with van der Waals surface area (Å²) in [6.45, 7) is 0. The molecule has 11 heteroatoms. The molecule has 2 amide bonds. The number of methoxy groups -OCH3 is 1. The minimum absolute atomic E-state index is 0.0520. The summed E-state index contributed by atoms with van der Waals surface area (Å²) in [5.41, 5.74) is -0.114. The molecule has 0 aliphatic carbocycles. The van der Waals surface area contributed by atoms with E-state index in [2.05, 4.69) is 16.7 Å². The summed E-state index contributed by atoms with van der Waals surface area (Å²) < 4.78 is 43.9. The van der Waals surface area contributed by atoms with E-state index in [1.807, 2.05) is 0 Å². The number of hydrogen-bond acceptors (Lipinski definition) is 5. The number of rotatable bonds is 6. The van der Waals surface area contributed by atoms with Crippen LogP contribution in [0.1, 0.15) is 23.5 Å². The van der Waals surface area contributed by atoms with Crippen LogP contribution >= 0.6 is 23.4 Å². The fourth-order valence-corrected chi connectivity index (χ4v) is 4.22. The first-order valence-corrected chi connectivity index (χ1v) is 10.9. The lowest BCUT2D eigenvalue weighted by atomic mass is 9.87. The van der Waals surface area contributed by atoms with E-state index in [9.17, 15) is 28.0 Å². The number of carbonyl (C=O) groups is 2. The minimum Gasteiger partial charge on any atom is -0.497 e. The molecule has 1 atom stereocenters. The third kappa shape index (κ3) is 6.00. The number of thioether (sulfide) groups is 1. The molecule has 3 rings (SSSR count). The number of benzene rings is 2. The van der Waals surface area contributed by atoms with Gasteiger partial charge in [0.2, 0.25) is 11.8 Å². The summed E-state index contributed by atoms with van der Waals surface area (Å²) in [7, 11) is 1.52. The number of alkyl halides is 3. The number of anilines is 1. The summed E-state index contributed by atoms with van der Waals surface area (Å²) in [6, 6.07) is 11.6. The second-order valence-corrected chi connectivity index (χ2v) is 8.35. The van der Waals surface area contributed by atoms with Crippen LogP contribution in [-0.2, 0) is 15.8 Å². The van der Waals surface area contributed by atoms with Crippen molar-refractivity contribution in [1.82, 2.24) is 5.32 Å². The number of amides is 2. The van der Waals surface area contributed by atoms with E-state index < -0.39 is 23.6 Å². The van der Waals surface area contributed by atoms with E-state index in [1.54, 1.807) is 24.3 Å². The highest BCUT2D eigenvalue weighted by Crippen LogP contribution is 2.37. The fourth-order valence-electron chi connectivity index (χ4n) is 3.18. The standard InChI is InChI=1S/C22H17ClF3N3O3S/c1-32-14-5-2-12(3-6-14)15-9-19(30)29-21(16(15)10-27)33-11-20(31)28-18-8-13(22(24,25)26)4-7-17(18)23/h2-8,15H,9,11H2,1H3,(H,28,31)(H,29,30)/t15-/m0/s1. The Morgan fingerprint density at radius 3 is 2.61 bits per heavy atom. The molecule has 0 unspecified atom stereocenters. The van der Waals surface area contributed by atoms with Crippen molar-refractivity contribution in [3.63, 3.8) is 0 Å². The topological polar surface area (TPSA) is 91.2 Å². The van der Waals surface area contributed by atoms with E-state index >= 15 is 0 Å². The van der Waals surface area contributed by atoms with Gasteiger partial charge in [0.1, 0.15) is 5.75 Å². The molecule has 0 bridgehead atoms. The highest BCUT2D eigenvalue weighted by Gasteiger charge is 2.32. The van der Waals surface area contributed by atoms with Crippen molar-refractivity contribution in [3.05, 3.63) is 69.2 Å². The SMILES string of the molecule is COc1ccc([C@@H]2CC(=O)NC(SCC(=O)Nc3cc(C(F)(F)F)ccc3Cl)=C2C#N)cc1. The van der Waals surface area contributed by atoms with Gasteiger partial charge in [-0.25, -0.2) is 0 Å². The Labute approximate surface area is 196 Å². The first-order chi connectivity index (χ1) is 15.6. The van der Waals surface area contributed by atoms with Crippen molar-refractivity contribution >= 4 is 40.9 Å². The number of nitriles is 1. The van der Waals surface area contributed by atoms with E-state index in [-0.39, 0.29) is 39.4 Å². The third-order valence-corrected chi connectivity index (χ3v) is 6.14. The van der Waals surface area contributed by atoms with Crippen molar-refractivity contribution < 1.29 is 27.5 Å². The van der Waals surface area contributed by atoms with E-state index in [1.165, 1.54) is 7.11 Å². The van der Waals surface area contributed by atoms with E-state index in [0.717, 1.165) is 35.5 Å². The Balaban J connectivity index is 1.76. The van der Waals surface area contributed by atoms with Crippen LogP contribution in [0.2, 0.25) is 5.02 Å². The largest absolute Gasteiger partial charge is 0.497 e. The van der Waals surface area contributed by atoms with E-state index in [4.69, 9.17) is 16.3 Å². The Morgan fingerprint density at radius 2 is 2.00 bits per heavy atom. The molecule has 172 valence electrons. The number of carbonyl (C=O) groups excluding carboxylic acids is 2. The summed E-state index contributed by atoms with van der Waals surface area (Å²) in [6.07, 6.45) is -4.53. The van der Waals surface area contributed by atoms with Gasteiger partial charge in [-0.1, -0.05) is 35.5 Å². The second kappa shape index (κ2) is 10.2. The third-order valence-electron chi connectivity index (χ3n) is 4.79. The smallest absolute Gasteiger partial charge is 0.416 e. The lowest BCUT2D eigenvalue weighted by molar-refractivity contribution is -0.137. The maximum Gasteiger partial charge on any atom is 0.416 e. The molecule has 0 aromatic heterocycles. The van der Waals surface area contributed by atoms with Gasteiger partial charge >= 0.3 is 6.18 Å². The van der Waals surface area contributed by atoms with Crippen molar-refractivity contribution in [2.75, 3.05) is 18.2 Å². The molecule has 1 aliphatic rings. The molecule has 0 fully saturated rings. The molecule has 1 heterocycles. The van der Waals surface area contributed by atoms with Gasteiger partial charge in [0, 0.05) is 12.3 Å². The highest BCUT2D eigenvalue weighted by molar-refractivity contribution is 8.03. The van der Waals surface area contributed by atoms with Crippen LogP contribution in [0.4, 0.5) is 18.9 Å². The normalized spacial score (nSPS) is 16.1. The molecule has 0 saturated heterocycles. The summed E-state index contributed by atoms with van der Waals surface area (Å²) in [5, 5.41) is 14.8. The predicted molar refractivity (Wildman–Crippen MR) is 119 cm³/mol. The minimum atomic E-state index is -4.59. The van der Waals surface area contributed by atoms with E-state index in [0.29, 0.717) is 5.75 Å². The van der Waals surface area contributed by atoms with Crippen LogP contribution in [-0.4, -0.2) is 24.7 Å². The number of nitrogens with zero attached hydrogens (tertiary/aromatic N) is 1. The molecule has 0 radical (unpaired) electrons. The number of hydrogen-bond donors (Lipinski definition) is 2. The zero-order valence-electron chi connectivity index (χ0n) is 17.1. The van der Waals surface area contributed by atoms with Crippen molar-refractivity contribution in [2.24, 2.45) is 0 Å². The van der Waals surface area contributed by atoms with Gasteiger partial charge in [-0.3, -0.25) is 9.59 Å². The van der Waals surface area contributed by atoms with Gasteiger partial charge in [-0.05, 0) is 35.9 Å². The summed E-state index contributed by atoms with van der Waals surface area (Å²) in [5.74, 6) is -1.10. The van der Waals surface area contributed by atoms with Crippen molar-refractivity contribution in [1.29, 1.82) is 5.26 Å². The molecular weight excluding hydrogens is 479 g/mol. The lowest BCUT2D eigenvalue weighted by Gasteiger charge is -2.25. The number of nitrogens with one attached hydrogen (secondary N) is 2. The first-order valence-electron chi connectivity index (χ1n) is 9.50. The van der Waals surface area contributed by atoms with Gasteiger partial charge < -0.3 is 15.4 Å². The predicted octanol–water partition coefficient (Wildman–Crippen LogP) is 5.08. The molecule has 1 aliphatic heterocycles. The molecule has 33 heavy (non-hydrogen) atoms. The fraction of sp³-hybridized carbons (Fsp3) is 0.227. The van der Waals surface area contributed by atoms with Gasteiger partial charge in [-0.15, -0.1) is 0 Å². The maximum absolute atomic E-state index is 12.9. The van der Waals surface area contributed by atoms with Crippen LogP contribution < -0.4 is 15.4 Å². The number of ether oxygens (including phenoxy) is 1. The highest BCUT2D eigenvalue weighted by atomic mass is 35.5. The lowest BCUT2D eigenvalue weighted by Crippen LogP contribution is -2.31. The molecule has 6 nitrogen and oxygen atoms in total. The Kier molecular flexibility index (Phi) is 7.56. The molecule has 0 spiro atoms. The maximum atomic E-state index is 12.9. The van der Waals surface area contributed by atoms with Crippen LogP contribution in [0.3, 0.4) is 0 Å². The van der Waals surface area contributed by atoms with Crippen LogP contribution in [0.25, 0.3) is 0 Å². The Hall–Kier alpha value is -3.16. The number of allylic oxidation sites excluding steroid dienone is 1. The number of halogens is 4. The molecule has 0 saturated carbocycles.